The molecule has 1 aromatic carbocycles. The van der Waals surface area contributed by atoms with Crippen LogP contribution in [0.2, 0.25) is 0 Å². The summed E-state index contributed by atoms with van der Waals surface area (Å²) in [5.41, 5.74) is 4.34. The first kappa shape index (κ1) is 26.9. The van der Waals surface area contributed by atoms with Crippen molar-refractivity contribution in [2.24, 2.45) is 5.73 Å². The van der Waals surface area contributed by atoms with Gasteiger partial charge in [0.05, 0.1) is 0 Å². The quantitative estimate of drug-likeness (QED) is 0.161. The number of thioether (sulfide) groups is 1. The second-order valence-electron chi connectivity index (χ2n) is 7.31. The summed E-state index contributed by atoms with van der Waals surface area (Å²) in [6.45, 7) is -0.369. The first-order valence-corrected chi connectivity index (χ1v) is 11.8. The number of imide groups is 1. The number of fused-ring (bicyclic) bond motifs is 1. The minimum Gasteiger partial charge on any atom is -0.508 e. The van der Waals surface area contributed by atoms with Crippen LogP contribution < -0.4 is 11.1 Å². The van der Waals surface area contributed by atoms with Crippen molar-refractivity contribution in [1.82, 2.24) is 14.6 Å². The lowest BCUT2D eigenvalue weighted by molar-refractivity contribution is -0.169. The molecule has 4 amide bonds. The maximum absolute atomic E-state index is 12.8. The summed E-state index contributed by atoms with van der Waals surface area (Å²) >= 11 is 17.2. The molecule has 5 N–H and O–H groups in total. The number of phenols is 1. The zero-order valence-electron chi connectivity index (χ0n) is 17.4. The van der Waals surface area contributed by atoms with Gasteiger partial charge in [-0.2, -0.15) is 4.42 Å². The molecule has 2 aliphatic heterocycles. The van der Waals surface area contributed by atoms with Gasteiger partial charge in [-0.05, 0) is 23.3 Å². The first-order valence-electron chi connectivity index (χ1n) is 9.58. The standard InChI is InChI=1S/C19H17Cl3N4O8S/c20-12(21)14(29)26(22)18(33)34-6-8-5-25-15(30)19(17(31)32,16(25)35-7-8)24-13(28)11(23)9-1-3-10(27)4-2-9/h1-5,11-12,16,27H,6-7,23H2,(H,24,28)(H,31,32)/t11?,16-,19+/m0/s1. The lowest BCUT2D eigenvalue weighted by Gasteiger charge is -2.53. The molecule has 0 saturated carbocycles. The van der Waals surface area contributed by atoms with E-state index in [1.165, 1.54) is 30.5 Å². The number of halogens is 3. The predicted molar refractivity (Wildman–Crippen MR) is 124 cm³/mol. The molecule has 35 heavy (non-hydrogen) atoms. The molecule has 0 bridgehead atoms. The molecule has 0 radical (unpaired) electrons. The van der Waals surface area contributed by atoms with Gasteiger partial charge in [0, 0.05) is 23.7 Å². The molecule has 2 heterocycles. The van der Waals surface area contributed by atoms with E-state index in [1.54, 1.807) is 0 Å². The highest BCUT2D eigenvalue weighted by molar-refractivity contribution is 8.00. The van der Waals surface area contributed by atoms with E-state index in [4.69, 9.17) is 45.4 Å². The summed E-state index contributed by atoms with van der Waals surface area (Å²) in [4.78, 5) is 60.5. The van der Waals surface area contributed by atoms with Gasteiger partial charge in [0.1, 0.15) is 23.8 Å². The zero-order valence-corrected chi connectivity index (χ0v) is 20.5. The molecule has 0 aromatic heterocycles. The molecule has 1 aromatic rings. The molecule has 3 atom stereocenters. The number of nitrogens with two attached hydrogens (primary N) is 1. The maximum atomic E-state index is 12.8. The Morgan fingerprint density at radius 1 is 1.29 bits per heavy atom. The Hall–Kier alpha value is -2.71. The fraction of sp³-hybridized carbons (Fsp3) is 0.316. The summed E-state index contributed by atoms with van der Waals surface area (Å²) in [7, 11) is 0. The van der Waals surface area contributed by atoms with Gasteiger partial charge in [-0.3, -0.25) is 14.4 Å². The van der Waals surface area contributed by atoms with Gasteiger partial charge in [-0.25, -0.2) is 9.59 Å². The summed E-state index contributed by atoms with van der Waals surface area (Å²) in [5.74, 6) is -4.44. The number of ether oxygens (including phenoxy) is 1. The van der Waals surface area contributed by atoms with Crippen molar-refractivity contribution < 1.29 is 38.9 Å². The van der Waals surface area contributed by atoms with Crippen molar-refractivity contribution >= 4 is 76.5 Å². The molecule has 3 rings (SSSR count). The average molecular weight is 568 g/mol. The Morgan fingerprint density at radius 3 is 2.49 bits per heavy atom. The van der Waals surface area contributed by atoms with Crippen molar-refractivity contribution in [3.8, 4) is 5.75 Å². The minimum atomic E-state index is -2.26. The van der Waals surface area contributed by atoms with E-state index in [0.29, 0.717) is 11.1 Å². The summed E-state index contributed by atoms with van der Waals surface area (Å²) in [5, 5.41) is 20.4. The fourth-order valence-corrected chi connectivity index (χ4v) is 5.05. The van der Waals surface area contributed by atoms with E-state index in [1.807, 2.05) is 0 Å². The lowest BCUT2D eigenvalue weighted by atomic mass is 9.87. The van der Waals surface area contributed by atoms with Gasteiger partial charge < -0.3 is 30.9 Å². The number of nitrogens with zero attached hydrogens (tertiary/aromatic N) is 2. The number of hydrogen-bond acceptors (Lipinski definition) is 9. The van der Waals surface area contributed by atoms with Gasteiger partial charge in [-0.1, -0.05) is 35.3 Å². The molecular formula is C19H17Cl3N4O8S. The second kappa shape index (κ2) is 10.5. The number of phenolic OH excluding ortho intramolecular Hbond substituents is 1. The number of aliphatic carboxylic acids is 1. The van der Waals surface area contributed by atoms with Gasteiger partial charge in [0.25, 0.3) is 11.8 Å². The van der Waals surface area contributed by atoms with Crippen molar-refractivity contribution in [3.63, 3.8) is 0 Å². The van der Waals surface area contributed by atoms with Gasteiger partial charge in [0.2, 0.25) is 11.4 Å². The van der Waals surface area contributed by atoms with Gasteiger partial charge >= 0.3 is 12.1 Å². The van der Waals surface area contributed by atoms with Gasteiger partial charge in [0.15, 0.2) is 4.84 Å². The predicted octanol–water partition coefficient (Wildman–Crippen LogP) is 1.05. The maximum Gasteiger partial charge on any atom is 0.432 e. The highest BCUT2D eigenvalue weighted by atomic mass is 35.5. The van der Waals surface area contributed by atoms with Crippen LogP contribution in [0.25, 0.3) is 0 Å². The Morgan fingerprint density at radius 2 is 1.91 bits per heavy atom. The average Bonchev–Trinajstić information content (AvgIpc) is 2.83. The van der Waals surface area contributed by atoms with Gasteiger partial charge in [-0.15, -0.1) is 11.8 Å². The van der Waals surface area contributed by atoms with Crippen LogP contribution in [0.4, 0.5) is 4.79 Å². The zero-order chi connectivity index (χ0) is 26.1. The minimum absolute atomic E-state index is 0.0484. The number of nitrogens with one attached hydrogen (secondary N) is 1. The van der Waals surface area contributed by atoms with E-state index in [9.17, 15) is 34.2 Å². The molecular weight excluding hydrogens is 551 g/mol. The highest BCUT2D eigenvalue weighted by Crippen LogP contribution is 2.43. The van der Waals surface area contributed by atoms with E-state index in [0.717, 1.165) is 16.7 Å². The van der Waals surface area contributed by atoms with Crippen LogP contribution in [0.5, 0.6) is 5.75 Å². The van der Waals surface area contributed by atoms with Crippen LogP contribution in [0.3, 0.4) is 0 Å². The number of carbonyl (C=O) groups is 5. The second-order valence-corrected chi connectivity index (χ2v) is 9.81. The molecule has 1 fully saturated rings. The number of β-lactam (4-membered cyclic amide) rings is 1. The Bertz CT molecular complexity index is 1100. The number of amides is 4. The van der Waals surface area contributed by atoms with E-state index in [2.05, 4.69) is 5.32 Å². The number of aromatic hydroxyl groups is 1. The number of hydrogen-bond donors (Lipinski definition) is 4. The van der Waals surface area contributed by atoms with Crippen LogP contribution in [0.15, 0.2) is 36.0 Å². The van der Waals surface area contributed by atoms with Crippen LogP contribution >= 0.6 is 46.7 Å². The van der Waals surface area contributed by atoms with E-state index >= 15 is 0 Å². The number of carboxylic acids is 1. The number of rotatable bonds is 7. The SMILES string of the molecule is NC(C(=O)N[C@]1(C(=O)O)C(=O)N2C=C(COC(=O)N(Cl)C(=O)C(Cl)Cl)CS[C@H]21)c1ccc(O)cc1. The molecule has 188 valence electrons. The third-order valence-corrected chi connectivity index (χ3v) is 7.17. The van der Waals surface area contributed by atoms with Crippen molar-refractivity contribution in [3.05, 3.63) is 41.6 Å². The number of benzene rings is 1. The first-order chi connectivity index (χ1) is 16.4. The summed E-state index contributed by atoms with van der Waals surface area (Å²) < 4.78 is 4.96. The summed E-state index contributed by atoms with van der Waals surface area (Å²) in [6.07, 6.45) is 0.0392. The molecule has 2 aliphatic rings. The number of alkyl halides is 2. The molecule has 0 aliphatic carbocycles. The topological polar surface area (TPSA) is 180 Å². The third-order valence-electron chi connectivity index (χ3n) is 5.06. The van der Waals surface area contributed by atoms with Crippen LogP contribution in [0, 0.1) is 0 Å². The van der Waals surface area contributed by atoms with E-state index in [-0.39, 0.29) is 22.5 Å². The smallest absolute Gasteiger partial charge is 0.432 e. The fourth-order valence-electron chi connectivity index (χ4n) is 3.25. The third kappa shape index (κ3) is 5.14. The van der Waals surface area contributed by atoms with E-state index < -0.39 is 51.6 Å². The van der Waals surface area contributed by atoms with Crippen molar-refractivity contribution in [1.29, 1.82) is 0 Å². The van der Waals surface area contributed by atoms with Crippen molar-refractivity contribution in [2.45, 2.75) is 21.8 Å². The highest BCUT2D eigenvalue weighted by Gasteiger charge is 2.68. The molecule has 1 unspecified atom stereocenters. The number of carbonyl (C=O) groups excluding carboxylic acids is 4. The molecule has 1 saturated heterocycles. The Balaban J connectivity index is 1.68. The monoisotopic (exact) mass is 566 g/mol. The van der Waals surface area contributed by atoms with Crippen LogP contribution in [-0.4, -0.2) is 77.4 Å². The molecule has 12 nitrogen and oxygen atoms in total. The molecule has 16 heteroatoms. The molecule has 0 spiro atoms. The largest absolute Gasteiger partial charge is 0.508 e. The lowest BCUT2D eigenvalue weighted by Crippen LogP contribution is -2.82. The van der Waals surface area contributed by atoms with Crippen LogP contribution in [0.1, 0.15) is 11.6 Å². The van der Waals surface area contributed by atoms with Crippen molar-refractivity contribution in [2.75, 3.05) is 12.4 Å². The Kier molecular flexibility index (Phi) is 8.07. The Labute approximate surface area is 217 Å². The normalized spacial score (nSPS) is 21.9. The number of carboxylic acid groups (broad SMARTS) is 1. The summed E-state index contributed by atoms with van der Waals surface area (Å²) in [6, 6.07) is 4.11. The van der Waals surface area contributed by atoms with Crippen LogP contribution in [-0.2, 0) is 23.9 Å².